The van der Waals surface area contributed by atoms with Crippen molar-refractivity contribution in [3.8, 4) is 0 Å². The van der Waals surface area contributed by atoms with Crippen molar-refractivity contribution < 1.29 is 14.3 Å². The van der Waals surface area contributed by atoms with Crippen molar-refractivity contribution >= 4 is 5.91 Å². The van der Waals surface area contributed by atoms with E-state index in [9.17, 15) is 4.79 Å². The zero-order chi connectivity index (χ0) is 17.5. The van der Waals surface area contributed by atoms with Crippen LogP contribution >= 0.6 is 0 Å². The van der Waals surface area contributed by atoms with Crippen LogP contribution in [0.15, 0.2) is 24.3 Å². The van der Waals surface area contributed by atoms with E-state index in [0.29, 0.717) is 12.5 Å². The van der Waals surface area contributed by atoms with Gasteiger partial charge >= 0.3 is 0 Å². The summed E-state index contributed by atoms with van der Waals surface area (Å²) >= 11 is 0. The van der Waals surface area contributed by atoms with Crippen molar-refractivity contribution in [1.29, 1.82) is 0 Å². The Kier molecular flexibility index (Phi) is 6.88. The molecule has 2 fully saturated rings. The summed E-state index contributed by atoms with van der Waals surface area (Å²) < 4.78 is 11.0. The number of rotatable bonds is 9. The molecule has 1 saturated heterocycles. The van der Waals surface area contributed by atoms with E-state index >= 15 is 0 Å². The average Bonchev–Trinajstić information content (AvgIpc) is 3.46. The van der Waals surface area contributed by atoms with E-state index in [4.69, 9.17) is 9.47 Å². The molecule has 4 heteroatoms. The third-order valence-electron chi connectivity index (χ3n) is 5.26. The number of hydrogen-bond donors (Lipinski definition) is 0. The predicted octanol–water partition coefficient (Wildman–Crippen LogP) is 3.43. The Bertz CT molecular complexity index is 531. The minimum Gasteiger partial charge on any atom is -0.376 e. The second-order valence-corrected chi connectivity index (χ2v) is 7.44. The lowest BCUT2D eigenvalue weighted by Gasteiger charge is -2.32. The van der Waals surface area contributed by atoms with Crippen molar-refractivity contribution in [2.24, 2.45) is 11.8 Å². The first-order chi connectivity index (χ1) is 12.2. The van der Waals surface area contributed by atoms with Gasteiger partial charge in [-0.15, -0.1) is 0 Å². The Morgan fingerprint density at radius 3 is 2.32 bits per heavy atom. The monoisotopic (exact) mass is 345 g/mol. The topological polar surface area (TPSA) is 38.8 Å². The van der Waals surface area contributed by atoms with Gasteiger partial charge in [-0.1, -0.05) is 24.3 Å². The van der Waals surface area contributed by atoms with E-state index < -0.39 is 0 Å². The van der Waals surface area contributed by atoms with Crippen LogP contribution < -0.4 is 0 Å². The van der Waals surface area contributed by atoms with Gasteiger partial charge in [0.2, 0.25) is 5.91 Å². The van der Waals surface area contributed by atoms with Crippen molar-refractivity contribution in [2.75, 3.05) is 32.9 Å². The molecule has 0 N–H and O–H groups in total. The van der Waals surface area contributed by atoms with Crippen molar-refractivity contribution in [1.82, 2.24) is 4.90 Å². The molecule has 1 heterocycles. The third-order valence-corrected chi connectivity index (χ3v) is 5.26. The summed E-state index contributed by atoms with van der Waals surface area (Å²) in [5.41, 5.74) is 2.66. The van der Waals surface area contributed by atoms with E-state index in [1.54, 1.807) is 0 Å². The maximum atomic E-state index is 12.0. The summed E-state index contributed by atoms with van der Waals surface area (Å²) in [6.45, 7) is 6.13. The third kappa shape index (κ3) is 6.12. The van der Waals surface area contributed by atoms with Gasteiger partial charge in [-0.3, -0.25) is 4.79 Å². The Balaban J connectivity index is 1.37. The second kappa shape index (κ2) is 9.35. The molecule has 25 heavy (non-hydrogen) atoms. The van der Waals surface area contributed by atoms with Crippen LogP contribution in [0, 0.1) is 11.8 Å². The highest BCUT2D eigenvalue weighted by Gasteiger charge is 2.23. The van der Waals surface area contributed by atoms with Gasteiger partial charge in [-0.2, -0.15) is 0 Å². The van der Waals surface area contributed by atoms with Gasteiger partial charge < -0.3 is 14.4 Å². The number of piperidine rings is 1. The first-order valence-electron chi connectivity index (χ1n) is 9.75. The maximum Gasteiger partial charge on any atom is 0.248 e. The van der Waals surface area contributed by atoms with Gasteiger partial charge in [0.15, 0.2) is 0 Å². The molecule has 3 rings (SSSR count). The van der Waals surface area contributed by atoms with E-state index in [0.717, 1.165) is 51.5 Å². The molecule has 0 radical (unpaired) electrons. The van der Waals surface area contributed by atoms with Gasteiger partial charge in [0, 0.05) is 26.3 Å². The molecule has 2 aliphatic rings. The molecule has 0 spiro atoms. The number of hydrogen-bond acceptors (Lipinski definition) is 3. The summed E-state index contributed by atoms with van der Waals surface area (Å²) in [5.74, 6) is 1.63. The van der Waals surface area contributed by atoms with Gasteiger partial charge in [-0.25, -0.2) is 0 Å². The number of carbonyl (C=O) groups is 1. The minimum atomic E-state index is 0.135. The highest BCUT2D eigenvalue weighted by molar-refractivity contribution is 5.77. The SMILES string of the molecule is CCOCC(=O)N1CCC(Cc2ccc(COCC3CC3)cc2)CC1. The summed E-state index contributed by atoms with van der Waals surface area (Å²) in [4.78, 5) is 13.9. The van der Waals surface area contributed by atoms with Crippen LogP contribution in [0.1, 0.15) is 43.7 Å². The Morgan fingerprint density at radius 2 is 1.68 bits per heavy atom. The lowest BCUT2D eigenvalue weighted by atomic mass is 9.90. The number of ether oxygens (including phenoxy) is 2. The fourth-order valence-corrected chi connectivity index (χ4v) is 3.40. The minimum absolute atomic E-state index is 0.135. The van der Waals surface area contributed by atoms with Crippen LogP contribution in [-0.4, -0.2) is 43.7 Å². The standard InChI is InChI=1S/C21H31NO3/c1-2-24-16-21(23)22-11-9-18(10-12-22)13-17-3-5-19(6-4-17)14-25-15-20-7-8-20/h3-6,18,20H,2,7-16H2,1H3. The Morgan fingerprint density at radius 1 is 1.00 bits per heavy atom. The average molecular weight is 345 g/mol. The van der Waals surface area contributed by atoms with E-state index in [-0.39, 0.29) is 12.5 Å². The molecule has 0 unspecified atom stereocenters. The summed E-state index contributed by atoms with van der Waals surface area (Å²) in [7, 11) is 0. The summed E-state index contributed by atoms with van der Waals surface area (Å²) in [5, 5.41) is 0. The normalized spacial score (nSPS) is 18.5. The van der Waals surface area contributed by atoms with Crippen LogP contribution in [0.5, 0.6) is 0 Å². The zero-order valence-electron chi connectivity index (χ0n) is 15.4. The molecule has 138 valence electrons. The largest absolute Gasteiger partial charge is 0.376 e. The van der Waals surface area contributed by atoms with Crippen LogP contribution in [0.2, 0.25) is 0 Å². The molecule has 1 amide bonds. The molecule has 1 aliphatic carbocycles. The zero-order valence-corrected chi connectivity index (χ0v) is 15.4. The molecular weight excluding hydrogens is 314 g/mol. The first-order valence-corrected chi connectivity index (χ1v) is 9.75. The Labute approximate surface area is 151 Å². The number of carbonyl (C=O) groups excluding carboxylic acids is 1. The van der Waals surface area contributed by atoms with Crippen molar-refractivity contribution in [2.45, 2.75) is 45.6 Å². The highest BCUT2D eigenvalue weighted by atomic mass is 16.5. The second-order valence-electron chi connectivity index (χ2n) is 7.44. The number of likely N-dealkylation sites (tertiary alicyclic amines) is 1. The molecular formula is C21H31NO3. The number of benzene rings is 1. The number of amides is 1. The Hall–Kier alpha value is -1.39. The molecule has 0 atom stereocenters. The molecule has 0 aromatic heterocycles. The molecule has 0 bridgehead atoms. The molecule has 1 aromatic rings. The first kappa shape index (κ1) is 18.4. The fourth-order valence-electron chi connectivity index (χ4n) is 3.40. The fraction of sp³-hybridized carbons (Fsp3) is 0.667. The van der Waals surface area contributed by atoms with Gasteiger partial charge in [0.05, 0.1) is 6.61 Å². The van der Waals surface area contributed by atoms with Crippen molar-refractivity contribution in [3.05, 3.63) is 35.4 Å². The summed E-state index contributed by atoms with van der Waals surface area (Å²) in [6.07, 6.45) is 5.97. The van der Waals surface area contributed by atoms with Crippen molar-refractivity contribution in [3.63, 3.8) is 0 Å². The molecule has 1 aromatic carbocycles. The quantitative estimate of drug-likeness (QED) is 0.688. The predicted molar refractivity (Wildman–Crippen MR) is 98.3 cm³/mol. The molecule has 4 nitrogen and oxygen atoms in total. The number of nitrogens with zero attached hydrogens (tertiary/aromatic N) is 1. The van der Waals surface area contributed by atoms with E-state index in [2.05, 4.69) is 24.3 Å². The molecule has 1 saturated carbocycles. The summed E-state index contributed by atoms with van der Waals surface area (Å²) in [6, 6.07) is 8.87. The van der Waals surface area contributed by atoms with Gasteiger partial charge in [0.1, 0.15) is 6.61 Å². The van der Waals surface area contributed by atoms with E-state index in [1.807, 2.05) is 11.8 Å². The van der Waals surface area contributed by atoms with Gasteiger partial charge in [0.25, 0.3) is 0 Å². The smallest absolute Gasteiger partial charge is 0.248 e. The molecule has 1 aliphatic heterocycles. The highest BCUT2D eigenvalue weighted by Crippen LogP contribution is 2.29. The van der Waals surface area contributed by atoms with Crippen LogP contribution in [-0.2, 0) is 27.3 Å². The van der Waals surface area contributed by atoms with Crippen LogP contribution in [0.25, 0.3) is 0 Å². The lowest BCUT2D eigenvalue weighted by Crippen LogP contribution is -2.40. The maximum absolute atomic E-state index is 12.0. The van der Waals surface area contributed by atoms with Crippen LogP contribution in [0.4, 0.5) is 0 Å². The van der Waals surface area contributed by atoms with E-state index in [1.165, 1.54) is 24.0 Å². The lowest BCUT2D eigenvalue weighted by molar-refractivity contribution is -0.137. The van der Waals surface area contributed by atoms with Gasteiger partial charge in [-0.05, 0) is 62.0 Å². The van der Waals surface area contributed by atoms with Crippen LogP contribution in [0.3, 0.4) is 0 Å².